The molecular weight excluding hydrogens is 520 g/mol. The first-order chi connectivity index (χ1) is 18.4. The van der Waals surface area contributed by atoms with Gasteiger partial charge < -0.3 is 15.2 Å². The minimum absolute atomic E-state index is 0.133. The molecule has 0 bridgehead atoms. The van der Waals surface area contributed by atoms with Gasteiger partial charge in [-0.15, -0.1) is 21.5 Å². The number of nitrogens with zero attached hydrogens (tertiary/aromatic N) is 4. The summed E-state index contributed by atoms with van der Waals surface area (Å²) in [6.45, 7) is 2.68. The zero-order valence-corrected chi connectivity index (χ0v) is 22.9. The monoisotopic (exact) mass is 546 g/mol. The van der Waals surface area contributed by atoms with Crippen molar-refractivity contribution in [2.45, 2.75) is 26.4 Å². The van der Waals surface area contributed by atoms with E-state index in [4.69, 9.17) is 11.6 Å². The zero-order chi connectivity index (χ0) is 26.8. The van der Waals surface area contributed by atoms with Crippen molar-refractivity contribution in [3.63, 3.8) is 0 Å². The van der Waals surface area contributed by atoms with E-state index in [1.54, 1.807) is 24.3 Å². The summed E-state index contributed by atoms with van der Waals surface area (Å²) in [6, 6.07) is 18.5. The summed E-state index contributed by atoms with van der Waals surface area (Å²) in [5.74, 6) is 0.781. The van der Waals surface area contributed by atoms with E-state index >= 15 is 0 Å². The summed E-state index contributed by atoms with van der Waals surface area (Å²) in [5.41, 5.74) is 2.32. The van der Waals surface area contributed by atoms with Crippen LogP contribution < -0.4 is 5.32 Å². The van der Waals surface area contributed by atoms with E-state index in [0.29, 0.717) is 45.0 Å². The molecule has 10 heteroatoms. The summed E-state index contributed by atoms with van der Waals surface area (Å²) < 4.78 is 1.89. The van der Waals surface area contributed by atoms with Gasteiger partial charge in [0.05, 0.1) is 23.7 Å². The second-order valence-electron chi connectivity index (χ2n) is 9.15. The number of ketones is 1. The fourth-order valence-corrected chi connectivity index (χ4v) is 5.62. The standard InChI is InChI=1S/C28H27ClN6O2S/c1-4-18-14-20(26(36)19-10-6-7-11-21(19)29)28(38-18)35-24(32-33-25(35)16-34(2)3)15-30-27(37)23-13-17-9-5-8-12-22(17)31-23/h5-14,31H,4,15-16H2,1-3H3,(H,30,37). The molecule has 0 aliphatic carbocycles. The smallest absolute Gasteiger partial charge is 0.268 e. The number of fused-ring (bicyclic) bond motifs is 1. The van der Waals surface area contributed by atoms with E-state index in [1.807, 2.05) is 66.9 Å². The molecule has 0 radical (unpaired) electrons. The van der Waals surface area contributed by atoms with Gasteiger partial charge in [-0.25, -0.2) is 0 Å². The maximum absolute atomic E-state index is 13.7. The van der Waals surface area contributed by atoms with Gasteiger partial charge in [0.15, 0.2) is 17.4 Å². The number of para-hydroxylation sites is 1. The van der Waals surface area contributed by atoms with Crippen molar-refractivity contribution in [2.24, 2.45) is 0 Å². The highest BCUT2D eigenvalue weighted by Gasteiger charge is 2.25. The van der Waals surface area contributed by atoms with Gasteiger partial charge in [-0.05, 0) is 50.8 Å². The second kappa shape index (κ2) is 10.9. The first-order valence-electron chi connectivity index (χ1n) is 12.2. The zero-order valence-electron chi connectivity index (χ0n) is 21.3. The number of hydrogen-bond acceptors (Lipinski definition) is 6. The van der Waals surface area contributed by atoms with Crippen LogP contribution in [0.25, 0.3) is 15.9 Å². The predicted molar refractivity (Wildman–Crippen MR) is 150 cm³/mol. The number of carbonyl (C=O) groups excluding carboxylic acids is 2. The molecule has 0 saturated carbocycles. The van der Waals surface area contributed by atoms with Crippen LogP contribution in [0.5, 0.6) is 0 Å². The summed E-state index contributed by atoms with van der Waals surface area (Å²) >= 11 is 7.90. The van der Waals surface area contributed by atoms with Crippen LogP contribution in [0.15, 0.2) is 60.7 Å². The number of aromatic amines is 1. The van der Waals surface area contributed by atoms with Gasteiger partial charge in [-0.2, -0.15) is 0 Å². The molecule has 3 heterocycles. The van der Waals surface area contributed by atoms with Crippen LogP contribution in [0, 0.1) is 0 Å². The highest BCUT2D eigenvalue weighted by atomic mass is 35.5. The van der Waals surface area contributed by atoms with Crippen LogP contribution in [0.4, 0.5) is 0 Å². The maximum Gasteiger partial charge on any atom is 0.268 e. The Morgan fingerprint density at radius 3 is 2.50 bits per heavy atom. The van der Waals surface area contributed by atoms with E-state index in [9.17, 15) is 9.59 Å². The van der Waals surface area contributed by atoms with Gasteiger partial charge >= 0.3 is 0 Å². The third-order valence-electron chi connectivity index (χ3n) is 6.11. The Labute approximate surface area is 229 Å². The largest absolute Gasteiger partial charge is 0.351 e. The highest BCUT2D eigenvalue weighted by molar-refractivity contribution is 7.15. The van der Waals surface area contributed by atoms with Crippen molar-refractivity contribution < 1.29 is 9.59 Å². The van der Waals surface area contributed by atoms with E-state index in [-0.39, 0.29) is 18.2 Å². The average Bonchev–Trinajstić information content (AvgIpc) is 3.63. The predicted octanol–water partition coefficient (Wildman–Crippen LogP) is 5.25. The Hall–Kier alpha value is -3.79. The fraction of sp³-hybridized carbons (Fsp3) is 0.214. The Bertz CT molecular complexity index is 1600. The van der Waals surface area contributed by atoms with Crippen LogP contribution >= 0.6 is 22.9 Å². The van der Waals surface area contributed by atoms with Crippen molar-refractivity contribution in [2.75, 3.05) is 14.1 Å². The molecule has 194 valence electrons. The van der Waals surface area contributed by atoms with Crippen molar-refractivity contribution in [1.29, 1.82) is 0 Å². The summed E-state index contributed by atoms with van der Waals surface area (Å²) in [4.78, 5) is 32.9. The Morgan fingerprint density at radius 2 is 1.76 bits per heavy atom. The average molecular weight is 547 g/mol. The van der Waals surface area contributed by atoms with Crippen LogP contribution in [0.2, 0.25) is 5.02 Å². The van der Waals surface area contributed by atoms with E-state index in [2.05, 4.69) is 20.5 Å². The first-order valence-corrected chi connectivity index (χ1v) is 13.4. The molecule has 0 spiro atoms. The van der Waals surface area contributed by atoms with Crippen LogP contribution in [0.3, 0.4) is 0 Å². The van der Waals surface area contributed by atoms with Crippen molar-refractivity contribution in [3.8, 4) is 5.00 Å². The van der Waals surface area contributed by atoms with Gasteiger partial charge in [-0.1, -0.05) is 48.9 Å². The van der Waals surface area contributed by atoms with E-state index < -0.39 is 0 Å². The van der Waals surface area contributed by atoms with Gasteiger partial charge in [0, 0.05) is 21.3 Å². The van der Waals surface area contributed by atoms with Gasteiger partial charge in [0.2, 0.25) is 0 Å². The van der Waals surface area contributed by atoms with Crippen LogP contribution in [0.1, 0.15) is 49.9 Å². The highest BCUT2D eigenvalue weighted by Crippen LogP contribution is 2.32. The molecule has 0 aliphatic rings. The second-order valence-corrected chi connectivity index (χ2v) is 10.7. The minimum atomic E-state index is -0.252. The summed E-state index contributed by atoms with van der Waals surface area (Å²) in [7, 11) is 3.89. The van der Waals surface area contributed by atoms with Gasteiger partial charge in [0.25, 0.3) is 5.91 Å². The number of aromatic nitrogens is 4. The number of thiophene rings is 1. The molecule has 38 heavy (non-hydrogen) atoms. The Morgan fingerprint density at radius 1 is 1.03 bits per heavy atom. The lowest BCUT2D eigenvalue weighted by Gasteiger charge is -2.14. The maximum atomic E-state index is 13.7. The number of halogens is 1. The number of H-pyrrole nitrogens is 1. The number of aryl methyl sites for hydroxylation is 1. The molecule has 8 nitrogen and oxygen atoms in total. The number of benzene rings is 2. The van der Waals surface area contributed by atoms with Gasteiger partial charge in [-0.3, -0.25) is 14.2 Å². The number of amides is 1. The van der Waals surface area contributed by atoms with Crippen molar-refractivity contribution in [1.82, 2.24) is 30.0 Å². The lowest BCUT2D eigenvalue weighted by Crippen LogP contribution is -2.25. The van der Waals surface area contributed by atoms with Crippen molar-refractivity contribution >= 4 is 45.5 Å². The number of nitrogens with one attached hydrogen (secondary N) is 2. The molecule has 2 aromatic carbocycles. The molecule has 0 unspecified atom stereocenters. The van der Waals surface area contributed by atoms with Crippen LogP contribution in [-0.4, -0.2) is 50.4 Å². The molecule has 1 amide bonds. The SMILES string of the molecule is CCc1cc(C(=O)c2ccccc2Cl)c(-n2c(CNC(=O)c3cc4ccccc4[nH]3)nnc2CN(C)C)s1. The quantitative estimate of drug-likeness (QED) is 0.246. The Balaban J connectivity index is 1.52. The van der Waals surface area contributed by atoms with E-state index in [1.165, 1.54) is 11.3 Å². The summed E-state index contributed by atoms with van der Waals surface area (Å²) in [6.07, 6.45) is 0.769. The van der Waals surface area contributed by atoms with Crippen LogP contribution in [-0.2, 0) is 19.5 Å². The fourth-order valence-electron chi connectivity index (χ4n) is 4.26. The van der Waals surface area contributed by atoms with Crippen molar-refractivity contribution in [3.05, 3.63) is 99.0 Å². The third-order valence-corrected chi connectivity index (χ3v) is 7.71. The third kappa shape index (κ3) is 5.13. The molecule has 5 aromatic rings. The molecule has 5 rings (SSSR count). The van der Waals surface area contributed by atoms with Gasteiger partial charge in [0.1, 0.15) is 10.7 Å². The molecule has 0 aliphatic heterocycles. The molecule has 0 atom stereocenters. The normalized spacial score (nSPS) is 11.4. The number of rotatable bonds is 9. The first kappa shape index (κ1) is 25.8. The molecule has 3 aromatic heterocycles. The molecule has 0 fully saturated rings. The molecule has 2 N–H and O–H groups in total. The molecule has 0 saturated heterocycles. The summed E-state index contributed by atoms with van der Waals surface area (Å²) in [5, 5.41) is 13.9. The number of carbonyl (C=O) groups is 2. The minimum Gasteiger partial charge on any atom is -0.351 e. The van der Waals surface area contributed by atoms with E-state index in [0.717, 1.165) is 22.2 Å². The topological polar surface area (TPSA) is 95.9 Å². The Kier molecular flexibility index (Phi) is 7.42. The number of hydrogen-bond donors (Lipinski definition) is 2. The lowest BCUT2D eigenvalue weighted by atomic mass is 10.0. The molecular formula is C28H27ClN6O2S. The lowest BCUT2D eigenvalue weighted by molar-refractivity contribution is 0.0944.